The number of rotatable bonds is 4. The Morgan fingerprint density at radius 1 is 1.19 bits per heavy atom. The Kier molecular flexibility index (Phi) is 5.07. The van der Waals surface area contributed by atoms with E-state index in [1.165, 1.54) is 0 Å². The molecule has 21 heavy (non-hydrogen) atoms. The van der Waals surface area contributed by atoms with Gasteiger partial charge in [-0.05, 0) is 31.5 Å². The van der Waals surface area contributed by atoms with Crippen molar-refractivity contribution in [3.63, 3.8) is 0 Å². The first kappa shape index (κ1) is 15.6. The van der Waals surface area contributed by atoms with Crippen LogP contribution in [0.2, 0.25) is 0 Å². The number of benzene rings is 1. The van der Waals surface area contributed by atoms with Gasteiger partial charge in [-0.1, -0.05) is 6.07 Å². The average molecular weight is 292 g/mol. The molecule has 0 aliphatic carbocycles. The molecule has 1 amide bonds. The smallest absolute Gasteiger partial charge is 0.238 e. The second-order valence-corrected chi connectivity index (χ2v) is 5.60. The molecule has 0 bridgehead atoms. The van der Waals surface area contributed by atoms with Gasteiger partial charge in [-0.2, -0.15) is 0 Å². The van der Waals surface area contributed by atoms with Crippen molar-refractivity contribution in [3.05, 3.63) is 23.8 Å². The number of amides is 1. The van der Waals surface area contributed by atoms with Crippen LogP contribution in [-0.4, -0.2) is 44.2 Å². The lowest BCUT2D eigenvalue weighted by Gasteiger charge is -2.23. The van der Waals surface area contributed by atoms with E-state index in [0.717, 1.165) is 23.5 Å². The molecule has 1 N–H and O–H groups in total. The third-order valence-electron chi connectivity index (χ3n) is 3.58. The van der Waals surface area contributed by atoms with Gasteiger partial charge in [0.15, 0.2) is 11.5 Å². The number of fused-ring (bicyclic) bond motifs is 1. The molecule has 1 aliphatic heterocycles. The minimum Gasteiger partial charge on any atom is -0.490 e. The highest BCUT2D eigenvalue weighted by atomic mass is 16.5. The van der Waals surface area contributed by atoms with Crippen molar-refractivity contribution < 1.29 is 14.3 Å². The molecule has 0 saturated carbocycles. The van der Waals surface area contributed by atoms with Gasteiger partial charge in [-0.15, -0.1) is 0 Å². The molecule has 0 aromatic heterocycles. The maximum atomic E-state index is 11.9. The maximum absolute atomic E-state index is 11.9. The lowest BCUT2D eigenvalue weighted by molar-refractivity contribution is -0.130. The number of ether oxygens (including phenoxy) is 2. The SMILES string of the molecule is CC(NC(C)c1ccc2c(c1)OCCCO2)C(=O)N(C)C. The van der Waals surface area contributed by atoms with Crippen LogP contribution in [0.3, 0.4) is 0 Å². The third-order valence-corrected chi connectivity index (χ3v) is 3.58. The molecular weight excluding hydrogens is 268 g/mol. The third kappa shape index (κ3) is 3.88. The van der Waals surface area contributed by atoms with E-state index in [4.69, 9.17) is 9.47 Å². The van der Waals surface area contributed by atoms with E-state index in [1.54, 1.807) is 19.0 Å². The highest BCUT2D eigenvalue weighted by Crippen LogP contribution is 2.32. The summed E-state index contributed by atoms with van der Waals surface area (Å²) in [5.74, 6) is 1.64. The van der Waals surface area contributed by atoms with Crippen LogP contribution in [0, 0.1) is 0 Å². The van der Waals surface area contributed by atoms with Crippen molar-refractivity contribution >= 4 is 5.91 Å². The quantitative estimate of drug-likeness (QED) is 0.922. The van der Waals surface area contributed by atoms with Crippen LogP contribution in [0.4, 0.5) is 0 Å². The molecule has 116 valence electrons. The van der Waals surface area contributed by atoms with Gasteiger partial charge in [-0.3, -0.25) is 10.1 Å². The number of hydrogen-bond acceptors (Lipinski definition) is 4. The lowest BCUT2D eigenvalue weighted by atomic mass is 10.1. The number of hydrogen-bond donors (Lipinski definition) is 1. The van der Waals surface area contributed by atoms with E-state index in [9.17, 15) is 4.79 Å². The first-order valence-electron chi connectivity index (χ1n) is 7.36. The normalized spacial score (nSPS) is 16.8. The van der Waals surface area contributed by atoms with Gasteiger partial charge in [0.2, 0.25) is 5.91 Å². The Labute approximate surface area is 126 Å². The fraction of sp³-hybridized carbons (Fsp3) is 0.562. The van der Waals surface area contributed by atoms with Crippen LogP contribution in [0.15, 0.2) is 18.2 Å². The standard InChI is InChI=1S/C16H24N2O3/c1-11(17-12(2)16(19)18(3)4)13-6-7-14-15(10-13)21-9-5-8-20-14/h6-7,10-12,17H,5,8-9H2,1-4H3. The van der Waals surface area contributed by atoms with Gasteiger partial charge in [0.25, 0.3) is 0 Å². The van der Waals surface area contributed by atoms with Crippen molar-refractivity contribution in [2.45, 2.75) is 32.4 Å². The molecule has 5 heteroatoms. The van der Waals surface area contributed by atoms with Crippen LogP contribution < -0.4 is 14.8 Å². The summed E-state index contributed by atoms with van der Waals surface area (Å²) in [5.41, 5.74) is 1.08. The Morgan fingerprint density at radius 2 is 1.86 bits per heavy atom. The monoisotopic (exact) mass is 292 g/mol. The summed E-state index contributed by atoms with van der Waals surface area (Å²) in [6.45, 7) is 5.28. The summed E-state index contributed by atoms with van der Waals surface area (Å²) >= 11 is 0. The summed E-state index contributed by atoms with van der Waals surface area (Å²) < 4.78 is 11.3. The molecule has 0 fully saturated rings. The summed E-state index contributed by atoms with van der Waals surface area (Å²) in [4.78, 5) is 13.5. The van der Waals surface area contributed by atoms with E-state index < -0.39 is 0 Å². The highest BCUT2D eigenvalue weighted by molar-refractivity contribution is 5.80. The Balaban J connectivity index is 2.07. The molecule has 1 aliphatic rings. The fourth-order valence-electron chi connectivity index (χ4n) is 2.38. The number of likely N-dealkylation sites (N-methyl/N-ethyl adjacent to an activating group) is 1. The molecule has 2 rings (SSSR count). The first-order valence-corrected chi connectivity index (χ1v) is 7.36. The number of nitrogens with zero attached hydrogens (tertiary/aromatic N) is 1. The summed E-state index contributed by atoms with van der Waals surface area (Å²) in [6.07, 6.45) is 0.895. The van der Waals surface area contributed by atoms with Gasteiger partial charge in [-0.25, -0.2) is 0 Å². The summed E-state index contributed by atoms with van der Waals surface area (Å²) in [7, 11) is 3.53. The van der Waals surface area contributed by atoms with E-state index in [2.05, 4.69) is 5.32 Å². The van der Waals surface area contributed by atoms with Crippen LogP contribution in [0.25, 0.3) is 0 Å². The summed E-state index contributed by atoms with van der Waals surface area (Å²) in [6, 6.07) is 5.77. The van der Waals surface area contributed by atoms with E-state index >= 15 is 0 Å². The summed E-state index contributed by atoms with van der Waals surface area (Å²) in [5, 5.41) is 3.31. The molecule has 1 aromatic carbocycles. The molecule has 1 aromatic rings. The van der Waals surface area contributed by atoms with E-state index in [1.807, 2.05) is 32.0 Å². The van der Waals surface area contributed by atoms with Crippen LogP contribution in [0.5, 0.6) is 11.5 Å². The molecule has 1 heterocycles. The van der Waals surface area contributed by atoms with Crippen molar-refractivity contribution in [1.82, 2.24) is 10.2 Å². The topological polar surface area (TPSA) is 50.8 Å². The maximum Gasteiger partial charge on any atom is 0.238 e. The number of carbonyl (C=O) groups is 1. The molecule has 0 radical (unpaired) electrons. The van der Waals surface area contributed by atoms with Crippen molar-refractivity contribution in [2.75, 3.05) is 27.3 Å². The van der Waals surface area contributed by atoms with Crippen molar-refractivity contribution in [2.24, 2.45) is 0 Å². The zero-order valence-corrected chi connectivity index (χ0v) is 13.2. The Bertz CT molecular complexity index is 502. The Hall–Kier alpha value is -1.75. The zero-order chi connectivity index (χ0) is 15.4. The van der Waals surface area contributed by atoms with Gasteiger partial charge in [0, 0.05) is 26.6 Å². The molecule has 5 nitrogen and oxygen atoms in total. The molecule has 2 unspecified atom stereocenters. The Morgan fingerprint density at radius 3 is 2.52 bits per heavy atom. The number of carbonyl (C=O) groups excluding carboxylic acids is 1. The van der Waals surface area contributed by atoms with Crippen LogP contribution in [-0.2, 0) is 4.79 Å². The van der Waals surface area contributed by atoms with Crippen molar-refractivity contribution in [3.8, 4) is 11.5 Å². The molecule has 0 spiro atoms. The highest BCUT2D eigenvalue weighted by Gasteiger charge is 2.19. The van der Waals surface area contributed by atoms with E-state index in [0.29, 0.717) is 13.2 Å². The fourth-order valence-corrected chi connectivity index (χ4v) is 2.38. The zero-order valence-electron chi connectivity index (χ0n) is 13.2. The molecule has 2 atom stereocenters. The number of nitrogens with one attached hydrogen (secondary N) is 1. The van der Waals surface area contributed by atoms with Gasteiger partial charge < -0.3 is 14.4 Å². The van der Waals surface area contributed by atoms with Gasteiger partial charge in [0.05, 0.1) is 19.3 Å². The second kappa shape index (κ2) is 6.80. The van der Waals surface area contributed by atoms with Crippen LogP contribution >= 0.6 is 0 Å². The largest absolute Gasteiger partial charge is 0.490 e. The minimum absolute atomic E-state index is 0.0565. The predicted octanol–water partition coefficient (Wildman–Crippen LogP) is 1.98. The van der Waals surface area contributed by atoms with Crippen molar-refractivity contribution in [1.29, 1.82) is 0 Å². The molecule has 0 saturated heterocycles. The average Bonchev–Trinajstić information content (AvgIpc) is 2.70. The van der Waals surface area contributed by atoms with E-state index in [-0.39, 0.29) is 18.0 Å². The molecular formula is C16H24N2O3. The van der Waals surface area contributed by atoms with Crippen LogP contribution in [0.1, 0.15) is 31.9 Å². The minimum atomic E-state index is -0.231. The van der Waals surface area contributed by atoms with Gasteiger partial charge >= 0.3 is 0 Å². The second-order valence-electron chi connectivity index (χ2n) is 5.60. The lowest BCUT2D eigenvalue weighted by Crippen LogP contribution is -2.42. The van der Waals surface area contributed by atoms with Gasteiger partial charge in [0.1, 0.15) is 0 Å². The predicted molar refractivity (Wildman–Crippen MR) is 81.8 cm³/mol. The first-order chi connectivity index (χ1) is 9.99.